The lowest BCUT2D eigenvalue weighted by molar-refractivity contribution is 0.0940. The molecule has 0 unspecified atom stereocenters. The Labute approximate surface area is 152 Å². The molecule has 2 N–H and O–H groups in total. The van der Waals surface area contributed by atoms with Gasteiger partial charge in [-0.15, -0.1) is 0 Å². The van der Waals surface area contributed by atoms with Crippen molar-refractivity contribution in [1.29, 1.82) is 0 Å². The van der Waals surface area contributed by atoms with E-state index in [9.17, 15) is 18.4 Å². The lowest BCUT2D eigenvalue weighted by atomic mass is 10.1. The number of carbonyl (C=O) groups is 1. The van der Waals surface area contributed by atoms with Gasteiger partial charge >= 0.3 is 0 Å². The topological polar surface area (TPSA) is 66.9 Å². The van der Waals surface area contributed by atoms with Crippen LogP contribution in [0.2, 0.25) is 0 Å². The fourth-order valence-corrected chi connectivity index (χ4v) is 2.79. The number of amides is 1. The van der Waals surface area contributed by atoms with E-state index in [1.807, 2.05) is 0 Å². The normalized spacial score (nSPS) is 12.2. The molecule has 0 aliphatic heterocycles. The lowest BCUT2D eigenvalue weighted by Crippen LogP contribution is -2.27. The zero-order chi connectivity index (χ0) is 19.0. The highest BCUT2D eigenvalue weighted by Crippen LogP contribution is 2.17. The van der Waals surface area contributed by atoms with Crippen molar-refractivity contribution in [2.75, 3.05) is 0 Å². The number of hydrogen-bond acceptors (Lipinski definition) is 3. The van der Waals surface area contributed by atoms with E-state index in [0.29, 0.717) is 22.0 Å². The Morgan fingerprint density at radius 3 is 2.62 bits per heavy atom. The Morgan fingerprint density at radius 1 is 1.19 bits per heavy atom. The fraction of sp³-hybridized carbons (Fsp3) is 0.167. The number of H-pyrrole nitrogens is 1. The van der Waals surface area contributed by atoms with Gasteiger partial charge in [-0.05, 0) is 55.0 Å². The predicted molar refractivity (Wildman–Crippen MR) is 96.6 cm³/mol. The zero-order valence-corrected chi connectivity index (χ0v) is 14.8. The first-order chi connectivity index (χ1) is 12.3. The Balaban J connectivity index is 1.90. The molecule has 0 saturated carbocycles. The molecule has 134 valence electrons. The number of hydrogen-bond donors (Lipinski definition) is 2. The van der Waals surface area contributed by atoms with Crippen LogP contribution >= 0.6 is 12.2 Å². The van der Waals surface area contributed by atoms with E-state index < -0.39 is 23.6 Å². The molecule has 2 aromatic carbocycles. The van der Waals surface area contributed by atoms with Crippen LogP contribution in [0.3, 0.4) is 0 Å². The number of aromatic amines is 1. The summed E-state index contributed by atoms with van der Waals surface area (Å²) in [6, 6.07) is 7.52. The highest BCUT2D eigenvalue weighted by atomic mass is 32.1. The second-order valence-corrected chi connectivity index (χ2v) is 6.31. The monoisotopic (exact) mass is 375 g/mol. The first-order valence-electron chi connectivity index (χ1n) is 7.77. The van der Waals surface area contributed by atoms with Gasteiger partial charge < -0.3 is 10.3 Å². The van der Waals surface area contributed by atoms with Crippen molar-refractivity contribution in [3.8, 4) is 0 Å². The summed E-state index contributed by atoms with van der Waals surface area (Å²) in [6.45, 7) is 1.66. The molecule has 1 amide bonds. The Bertz CT molecular complexity index is 1140. The molecule has 8 heteroatoms. The number of nitrogens with zero attached hydrogens (tertiary/aromatic N) is 1. The summed E-state index contributed by atoms with van der Waals surface area (Å²) in [4.78, 5) is 27.5. The molecule has 0 aliphatic carbocycles. The van der Waals surface area contributed by atoms with Crippen LogP contribution in [0.1, 0.15) is 28.9 Å². The van der Waals surface area contributed by atoms with Gasteiger partial charge in [0.15, 0.2) is 16.4 Å². The second kappa shape index (κ2) is 6.80. The number of carbonyl (C=O) groups excluding carboxylic acids is 1. The van der Waals surface area contributed by atoms with Gasteiger partial charge in [0.05, 0.1) is 16.9 Å². The summed E-state index contributed by atoms with van der Waals surface area (Å²) in [5.74, 6) is -2.33. The van der Waals surface area contributed by atoms with E-state index in [1.54, 1.807) is 20.0 Å². The molecule has 1 aromatic heterocycles. The summed E-state index contributed by atoms with van der Waals surface area (Å²) in [7, 11) is 1.56. The highest BCUT2D eigenvalue weighted by molar-refractivity contribution is 7.71. The van der Waals surface area contributed by atoms with E-state index in [2.05, 4.69) is 10.3 Å². The SMILES string of the molecule is C[C@H](NC(=O)c1ccc2c(=O)n(C)c(=S)[nH]c2c1)c1ccc(F)c(F)c1. The van der Waals surface area contributed by atoms with Gasteiger partial charge in [0.25, 0.3) is 11.5 Å². The van der Waals surface area contributed by atoms with E-state index >= 15 is 0 Å². The minimum absolute atomic E-state index is 0.246. The molecular weight excluding hydrogens is 360 g/mol. The third-order valence-electron chi connectivity index (χ3n) is 4.15. The lowest BCUT2D eigenvalue weighted by Gasteiger charge is -2.15. The molecule has 0 fully saturated rings. The van der Waals surface area contributed by atoms with Crippen LogP contribution in [0.4, 0.5) is 8.78 Å². The van der Waals surface area contributed by atoms with Gasteiger partial charge in [-0.3, -0.25) is 14.2 Å². The summed E-state index contributed by atoms with van der Waals surface area (Å²) >= 11 is 5.07. The van der Waals surface area contributed by atoms with Gasteiger partial charge in [-0.25, -0.2) is 8.78 Å². The van der Waals surface area contributed by atoms with Crippen LogP contribution in [0.25, 0.3) is 10.9 Å². The third-order valence-corrected chi connectivity index (χ3v) is 4.53. The van der Waals surface area contributed by atoms with E-state index in [1.165, 1.54) is 22.8 Å². The molecule has 5 nitrogen and oxygen atoms in total. The molecule has 0 spiro atoms. The van der Waals surface area contributed by atoms with Crippen molar-refractivity contribution < 1.29 is 13.6 Å². The van der Waals surface area contributed by atoms with Crippen LogP contribution in [0, 0.1) is 16.4 Å². The van der Waals surface area contributed by atoms with Crippen molar-refractivity contribution in [1.82, 2.24) is 14.9 Å². The van der Waals surface area contributed by atoms with E-state index in [-0.39, 0.29) is 10.3 Å². The Morgan fingerprint density at radius 2 is 1.92 bits per heavy atom. The van der Waals surface area contributed by atoms with E-state index in [4.69, 9.17) is 12.2 Å². The van der Waals surface area contributed by atoms with Gasteiger partial charge in [0.1, 0.15) is 0 Å². The van der Waals surface area contributed by atoms with Crippen molar-refractivity contribution in [2.24, 2.45) is 7.05 Å². The fourth-order valence-electron chi connectivity index (χ4n) is 2.59. The minimum atomic E-state index is -0.974. The second-order valence-electron chi connectivity index (χ2n) is 5.92. The summed E-state index contributed by atoms with van der Waals surface area (Å²) in [5, 5.41) is 3.12. The smallest absolute Gasteiger partial charge is 0.261 e. The molecule has 0 bridgehead atoms. The number of aromatic nitrogens is 2. The van der Waals surface area contributed by atoms with Gasteiger partial charge in [-0.2, -0.15) is 0 Å². The summed E-state index contributed by atoms with van der Waals surface area (Å²) in [6.07, 6.45) is 0. The average molecular weight is 375 g/mol. The molecule has 0 radical (unpaired) electrons. The third kappa shape index (κ3) is 3.28. The molecule has 3 rings (SSSR count). The van der Waals surface area contributed by atoms with Gasteiger partial charge in [0, 0.05) is 12.6 Å². The standard InChI is InChI=1S/C18H15F2N3O2S/c1-9(10-4-6-13(19)14(20)7-10)21-16(24)11-3-5-12-15(8-11)22-18(26)23(2)17(12)25/h3-9H,1-2H3,(H,21,24)(H,22,26)/t9-/m0/s1. The van der Waals surface area contributed by atoms with Crippen molar-refractivity contribution in [2.45, 2.75) is 13.0 Å². The van der Waals surface area contributed by atoms with Crippen LogP contribution in [-0.4, -0.2) is 15.5 Å². The molecule has 0 aliphatic rings. The first kappa shape index (κ1) is 17.9. The molecule has 1 heterocycles. The largest absolute Gasteiger partial charge is 0.346 e. The minimum Gasteiger partial charge on any atom is -0.346 e. The Kier molecular flexibility index (Phi) is 4.69. The Hall–Kier alpha value is -2.87. The number of fused-ring (bicyclic) bond motifs is 1. The quantitative estimate of drug-likeness (QED) is 0.690. The predicted octanol–water partition coefficient (Wildman–Crippen LogP) is 3.37. The molecule has 0 saturated heterocycles. The van der Waals surface area contributed by atoms with Crippen molar-refractivity contribution in [3.05, 3.63) is 74.3 Å². The summed E-state index contributed by atoms with van der Waals surface area (Å²) < 4.78 is 27.9. The molecular formula is C18H15F2N3O2S. The molecule has 1 atom stereocenters. The van der Waals surface area contributed by atoms with Crippen LogP contribution < -0.4 is 10.9 Å². The molecule has 3 aromatic rings. The zero-order valence-electron chi connectivity index (χ0n) is 14.0. The maximum atomic E-state index is 13.3. The van der Waals surface area contributed by atoms with Crippen LogP contribution in [-0.2, 0) is 7.05 Å². The maximum Gasteiger partial charge on any atom is 0.261 e. The summed E-state index contributed by atoms with van der Waals surface area (Å²) in [5.41, 5.74) is 0.939. The van der Waals surface area contributed by atoms with Gasteiger partial charge in [-0.1, -0.05) is 6.07 Å². The number of nitrogens with one attached hydrogen (secondary N) is 2. The maximum absolute atomic E-state index is 13.3. The van der Waals surface area contributed by atoms with E-state index in [0.717, 1.165) is 12.1 Å². The molecule has 26 heavy (non-hydrogen) atoms. The van der Waals surface area contributed by atoms with Crippen LogP contribution in [0.5, 0.6) is 0 Å². The first-order valence-corrected chi connectivity index (χ1v) is 8.17. The van der Waals surface area contributed by atoms with Crippen LogP contribution in [0.15, 0.2) is 41.2 Å². The number of benzene rings is 2. The van der Waals surface area contributed by atoms with Crippen molar-refractivity contribution >= 4 is 29.0 Å². The van der Waals surface area contributed by atoms with Crippen molar-refractivity contribution in [3.63, 3.8) is 0 Å². The average Bonchev–Trinajstić information content (AvgIpc) is 2.61. The van der Waals surface area contributed by atoms with Gasteiger partial charge in [0.2, 0.25) is 0 Å². The highest BCUT2D eigenvalue weighted by Gasteiger charge is 2.14. The number of rotatable bonds is 3. The number of halogens is 2.